The number of hydrogen-bond donors (Lipinski definition) is 2. The lowest BCUT2D eigenvalue weighted by molar-refractivity contribution is -0.128. The molecule has 2 rings (SSSR count). The van der Waals surface area contributed by atoms with Crippen molar-refractivity contribution in [3.8, 4) is 0 Å². The van der Waals surface area contributed by atoms with Crippen LogP contribution >= 0.6 is 11.8 Å². The highest BCUT2D eigenvalue weighted by atomic mass is 32.2. The summed E-state index contributed by atoms with van der Waals surface area (Å²) in [6, 6.07) is -0.00162. The van der Waals surface area contributed by atoms with Crippen molar-refractivity contribution in [3.63, 3.8) is 0 Å². The van der Waals surface area contributed by atoms with Crippen molar-refractivity contribution in [1.29, 1.82) is 0 Å². The van der Waals surface area contributed by atoms with Crippen molar-refractivity contribution in [1.82, 2.24) is 10.6 Å². The third-order valence-electron chi connectivity index (χ3n) is 3.11. The van der Waals surface area contributed by atoms with Gasteiger partial charge in [-0.05, 0) is 12.8 Å². The highest BCUT2D eigenvalue weighted by Crippen LogP contribution is 2.18. The average Bonchev–Trinajstić information content (AvgIpc) is 2.65. The van der Waals surface area contributed by atoms with Gasteiger partial charge in [-0.3, -0.25) is 9.59 Å². The van der Waals surface area contributed by atoms with E-state index in [1.165, 1.54) is 12.8 Å². The third-order valence-corrected chi connectivity index (χ3v) is 4.17. The summed E-state index contributed by atoms with van der Waals surface area (Å²) in [4.78, 5) is 23.2. The van der Waals surface area contributed by atoms with Crippen LogP contribution in [0.3, 0.4) is 0 Å². The van der Waals surface area contributed by atoms with Crippen LogP contribution in [-0.2, 0) is 9.59 Å². The summed E-state index contributed by atoms with van der Waals surface area (Å²) in [7, 11) is 0. The Morgan fingerprint density at radius 1 is 1.38 bits per heavy atom. The second kappa shape index (κ2) is 5.57. The summed E-state index contributed by atoms with van der Waals surface area (Å²) in [5.41, 5.74) is 0. The van der Waals surface area contributed by atoms with Crippen LogP contribution in [-0.4, -0.2) is 35.4 Å². The van der Waals surface area contributed by atoms with Gasteiger partial charge in [0.05, 0.1) is 0 Å². The highest BCUT2D eigenvalue weighted by Gasteiger charge is 2.26. The van der Waals surface area contributed by atoms with E-state index in [-0.39, 0.29) is 17.9 Å². The number of thioether (sulfide) groups is 1. The minimum atomic E-state index is -0.333. The highest BCUT2D eigenvalue weighted by molar-refractivity contribution is 7.99. The van der Waals surface area contributed by atoms with E-state index in [1.54, 1.807) is 11.8 Å². The normalized spacial score (nSPS) is 27.2. The topological polar surface area (TPSA) is 58.2 Å². The van der Waals surface area contributed by atoms with Crippen molar-refractivity contribution in [2.24, 2.45) is 0 Å². The van der Waals surface area contributed by atoms with Crippen LogP contribution in [0.5, 0.6) is 0 Å². The Morgan fingerprint density at radius 2 is 2.12 bits per heavy atom. The van der Waals surface area contributed by atoms with Gasteiger partial charge in [0.15, 0.2) is 0 Å². The summed E-state index contributed by atoms with van der Waals surface area (Å²) < 4.78 is 0. The van der Waals surface area contributed by atoms with Gasteiger partial charge in [0.25, 0.3) is 0 Å². The Labute approximate surface area is 99.9 Å². The standard InChI is InChI=1S/C11H18N2O2S/c14-10-5-6-16-7-9(13-10)11(15)12-8-3-1-2-4-8/h8-9H,1-7H2,(H,12,15)(H,13,14)/t9-/m0/s1. The van der Waals surface area contributed by atoms with Gasteiger partial charge in [-0.15, -0.1) is 0 Å². The first-order valence-electron chi connectivity index (χ1n) is 5.93. The van der Waals surface area contributed by atoms with E-state index < -0.39 is 0 Å². The van der Waals surface area contributed by atoms with E-state index in [2.05, 4.69) is 10.6 Å². The molecule has 0 aromatic carbocycles. The summed E-state index contributed by atoms with van der Waals surface area (Å²) in [6.07, 6.45) is 5.10. The summed E-state index contributed by atoms with van der Waals surface area (Å²) in [5.74, 6) is 1.51. The summed E-state index contributed by atoms with van der Waals surface area (Å²) in [6.45, 7) is 0. The fourth-order valence-corrected chi connectivity index (χ4v) is 3.15. The molecule has 2 amide bonds. The molecule has 1 aliphatic carbocycles. The number of rotatable bonds is 2. The molecule has 1 atom stereocenters. The number of amides is 2. The molecule has 0 unspecified atom stereocenters. The van der Waals surface area contributed by atoms with Gasteiger partial charge in [0.2, 0.25) is 11.8 Å². The Hall–Kier alpha value is -0.710. The van der Waals surface area contributed by atoms with Crippen LogP contribution < -0.4 is 10.6 Å². The first-order chi connectivity index (χ1) is 7.75. The van der Waals surface area contributed by atoms with Gasteiger partial charge >= 0.3 is 0 Å². The van der Waals surface area contributed by atoms with Gasteiger partial charge in [0, 0.05) is 24.0 Å². The molecular formula is C11H18N2O2S. The predicted octanol–water partition coefficient (Wildman–Crippen LogP) is 0.667. The number of nitrogens with one attached hydrogen (secondary N) is 2. The molecule has 1 saturated carbocycles. The van der Waals surface area contributed by atoms with Gasteiger partial charge in [0.1, 0.15) is 6.04 Å². The molecule has 1 aliphatic heterocycles. The zero-order chi connectivity index (χ0) is 11.4. The molecular weight excluding hydrogens is 224 g/mol. The van der Waals surface area contributed by atoms with Gasteiger partial charge in [-0.2, -0.15) is 11.8 Å². The molecule has 0 spiro atoms. The lowest BCUT2D eigenvalue weighted by Crippen LogP contribution is -2.49. The van der Waals surface area contributed by atoms with Crippen molar-refractivity contribution in [3.05, 3.63) is 0 Å². The largest absolute Gasteiger partial charge is 0.352 e. The molecule has 0 radical (unpaired) electrons. The molecule has 0 aromatic rings. The predicted molar refractivity (Wildman–Crippen MR) is 64.3 cm³/mol. The monoisotopic (exact) mass is 242 g/mol. The van der Waals surface area contributed by atoms with Crippen LogP contribution in [0.2, 0.25) is 0 Å². The molecule has 0 aromatic heterocycles. The molecule has 1 saturated heterocycles. The van der Waals surface area contributed by atoms with Crippen molar-refractivity contribution in [2.75, 3.05) is 11.5 Å². The second-order valence-corrected chi connectivity index (χ2v) is 5.58. The van der Waals surface area contributed by atoms with E-state index in [1.807, 2.05) is 0 Å². The molecule has 4 nitrogen and oxygen atoms in total. The molecule has 2 N–H and O–H groups in total. The maximum atomic E-state index is 11.9. The molecule has 16 heavy (non-hydrogen) atoms. The van der Waals surface area contributed by atoms with Crippen LogP contribution in [0.4, 0.5) is 0 Å². The summed E-state index contributed by atoms with van der Waals surface area (Å²) >= 11 is 1.67. The molecule has 2 aliphatic rings. The fourth-order valence-electron chi connectivity index (χ4n) is 2.19. The first-order valence-corrected chi connectivity index (χ1v) is 7.08. The molecule has 90 valence electrons. The number of carbonyl (C=O) groups excluding carboxylic acids is 2. The van der Waals surface area contributed by atoms with Gasteiger partial charge < -0.3 is 10.6 Å². The summed E-state index contributed by atoms with van der Waals surface area (Å²) in [5, 5.41) is 5.81. The molecule has 2 fully saturated rings. The van der Waals surface area contributed by atoms with E-state index in [0.29, 0.717) is 18.2 Å². The van der Waals surface area contributed by atoms with Gasteiger partial charge in [-0.25, -0.2) is 0 Å². The molecule has 0 bridgehead atoms. The molecule has 1 heterocycles. The van der Waals surface area contributed by atoms with Crippen LogP contribution in [0.25, 0.3) is 0 Å². The average molecular weight is 242 g/mol. The maximum Gasteiger partial charge on any atom is 0.243 e. The van der Waals surface area contributed by atoms with Gasteiger partial charge in [-0.1, -0.05) is 12.8 Å². The Bertz CT molecular complexity index is 277. The number of carbonyl (C=O) groups is 2. The van der Waals surface area contributed by atoms with E-state index in [4.69, 9.17) is 0 Å². The Morgan fingerprint density at radius 3 is 2.88 bits per heavy atom. The van der Waals surface area contributed by atoms with Crippen LogP contribution in [0.15, 0.2) is 0 Å². The zero-order valence-electron chi connectivity index (χ0n) is 9.33. The molecule has 5 heteroatoms. The SMILES string of the molecule is O=C1CCSC[C@@H](C(=O)NC2CCCC2)N1. The van der Waals surface area contributed by atoms with Crippen LogP contribution in [0, 0.1) is 0 Å². The van der Waals surface area contributed by atoms with E-state index in [9.17, 15) is 9.59 Å². The smallest absolute Gasteiger partial charge is 0.243 e. The van der Waals surface area contributed by atoms with E-state index in [0.717, 1.165) is 18.6 Å². The van der Waals surface area contributed by atoms with Crippen molar-refractivity contribution in [2.45, 2.75) is 44.2 Å². The first kappa shape index (κ1) is 11.8. The van der Waals surface area contributed by atoms with Crippen LogP contribution in [0.1, 0.15) is 32.1 Å². The quantitative estimate of drug-likeness (QED) is 0.748. The zero-order valence-corrected chi connectivity index (χ0v) is 10.1. The number of hydrogen-bond acceptors (Lipinski definition) is 3. The lowest BCUT2D eigenvalue weighted by Gasteiger charge is -2.18. The minimum absolute atomic E-state index is 0.00317. The van der Waals surface area contributed by atoms with Crippen molar-refractivity contribution < 1.29 is 9.59 Å². The lowest BCUT2D eigenvalue weighted by atomic mass is 10.2. The second-order valence-electron chi connectivity index (χ2n) is 4.43. The Balaban J connectivity index is 1.84. The third kappa shape index (κ3) is 3.14. The van der Waals surface area contributed by atoms with Crippen molar-refractivity contribution >= 4 is 23.6 Å². The minimum Gasteiger partial charge on any atom is -0.352 e. The fraction of sp³-hybridized carbons (Fsp3) is 0.818. The Kier molecular flexibility index (Phi) is 4.09. The maximum absolute atomic E-state index is 11.9. The van der Waals surface area contributed by atoms with E-state index >= 15 is 0 Å².